The number of nitrogens with one attached hydrogen (secondary N) is 1. The summed E-state index contributed by atoms with van der Waals surface area (Å²) in [5, 5.41) is 2.69. The maximum Gasteiger partial charge on any atom is 0.237 e. The lowest BCUT2D eigenvalue weighted by atomic mass is 10.0. The standard InChI is InChI=1S/C16H22N2O2/c1-11-6-8-13(9-7-11)15(19)12(2)18-10-4-5-14(18)16(20)17-3/h6-9,12,14H,4-5,10H2,1-3H3,(H,17,20). The minimum Gasteiger partial charge on any atom is -0.358 e. The van der Waals surface area contributed by atoms with Gasteiger partial charge in [-0.05, 0) is 33.2 Å². The minimum atomic E-state index is -0.262. The molecule has 0 spiro atoms. The first-order chi connectivity index (χ1) is 9.54. The Morgan fingerprint density at radius 1 is 1.30 bits per heavy atom. The second-order valence-electron chi connectivity index (χ2n) is 5.42. The summed E-state index contributed by atoms with van der Waals surface area (Å²) in [6.45, 7) is 4.69. The molecule has 1 aromatic rings. The summed E-state index contributed by atoms with van der Waals surface area (Å²) in [5.74, 6) is 0.0897. The van der Waals surface area contributed by atoms with Crippen LogP contribution in [0.15, 0.2) is 24.3 Å². The van der Waals surface area contributed by atoms with Gasteiger partial charge in [-0.1, -0.05) is 29.8 Å². The van der Waals surface area contributed by atoms with Gasteiger partial charge in [-0.3, -0.25) is 14.5 Å². The summed E-state index contributed by atoms with van der Waals surface area (Å²) in [6, 6.07) is 7.17. The molecule has 2 atom stereocenters. The Kier molecular flexibility index (Phi) is 4.55. The number of rotatable bonds is 4. The predicted molar refractivity (Wildman–Crippen MR) is 78.8 cm³/mol. The molecule has 0 radical (unpaired) electrons. The van der Waals surface area contributed by atoms with Gasteiger partial charge < -0.3 is 5.32 Å². The molecule has 4 heteroatoms. The molecule has 1 amide bonds. The van der Waals surface area contributed by atoms with Crippen LogP contribution >= 0.6 is 0 Å². The molecule has 1 saturated heterocycles. The highest BCUT2D eigenvalue weighted by atomic mass is 16.2. The van der Waals surface area contributed by atoms with Gasteiger partial charge in [0.15, 0.2) is 5.78 Å². The van der Waals surface area contributed by atoms with Crippen LogP contribution in [0.1, 0.15) is 35.7 Å². The number of hydrogen-bond acceptors (Lipinski definition) is 3. The predicted octanol–water partition coefficient (Wildman–Crippen LogP) is 1.78. The van der Waals surface area contributed by atoms with E-state index in [4.69, 9.17) is 0 Å². The van der Waals surface area contributed by atoms with E-state index in [-0.39, 0.29) is 23.8 Å². The molecule has 2 rings (SSSR count). The van der Waals surface area contributed by atoms with Crippen LogP contribution in [0.2, 0.25) is 0 Å². The molecular weight excluding hydrogens is 252 g/mol. The number of hydrogen-bond donors (Lipinski definition) is 1. The monoisotopic (exact) mass is 274 g/mol. The summed E-state index contributed by atoms with van der Waals surface area (Å²) < 4.78 is 0. The van der Waals surface area contributed by atoms with E-state index in [0.29, 0.717) is 5.56 Å². The van der Waals surface area contributed by atoms with E-state index >= 15 is 0 Å². The second-order valence-corrected chi connectivity index (χ2v) is 5.42. The average Bonchev–Trinajstić information content (AvgIpc) is 2.95. The third kappa shape index (κ3) is 2.90. The van der Waals surface area contributed by atoms with Gasteiger partial charge in [0.1, 0.15) is 0 Å². The van der Waals surface area contributed by atoms with Crippen molar-refractivity contribution in [3.8, 4) is 0 Å². The van der Waals surface area contributed by atoms with Crippen molar-refractivity contribution in [2.24, 2.45) is 0 Å². The third-order valence-corrected chi connectivity index (χ3v) is 4.06. The molecule has 1 heterocycles. The maximum atomic E-state index is 12.5. The summed E-state index contributed by atoms with van der Waals surface area (Å²) in [6.07, 6.45) is 1.79. The molecule has 20 heavy (non-hydrogen) atoms. The van der Waals surface area contributed by atoms with E-state index in [1.807, 2.05) is 43.0 Å². The molecule has 2 unspecified atom stereocenters. The number of aryl methyl sites for hydroxylation is 1. The van der Waals surface area contributed by atoms with Gasteiger partial charge in [0.05, 0.1) is 12.1 Å². The lowest BCUT2D eigenvalue weighted by Gasteiger charge is -2.28. The number of Topliss-reactive ketones (excluding diaryl/α,β-unsaturated/α-hetero) is 1. The Balaban J connectivity index is 2.13. The molecule has 0 aromatic heterocycles. The van der Waals surface area contributed by atoms with Gasteiger partial charge >= 0.3 is 0 Å². The van der Waals surface area contributed by atoms with Gasteiger partial charge in [0, 0.05) is 12.6 Å². The first-order valence-corrected chi connectivity index (χ1v) is 7.13. The molecule has 1 fully saturated rings. The lowest BCUT2D eigenvalue weighted by Crippen LogP contribution is -2.48. The minimum absolute atomic E-state index is 0.00561. The zero-order valence-electron chi connectivity index (χ0n) is 12.3. The van der Waals surface area contributed by atoms with E-state index < -0.39 is 0 Å². The summed E-state index contributed by atoms with van der Waals surface area (Å²) >= 11 is 0. The normalized spacial score (nSPS) is 20.6. The fourth-order valence-electron chi connectivity index (χ4n) is 2.81. The van der Waals surface area contributed by atoms with Crippen LogP contribution in [0, 0.1) is 6.92 Å². The highest BCUT2D eigenvalue weighted by Gasteiger charge is 2.35. The molecule has 0 saturated carbocycles. The van der Waals surface area contributed by atoms with Gasteiger partial charge in [-0.25, -0.2) is 0 Å². The zero-order chi connectivity index (χ0) is 14.7. The van der Waals surface area contributed by atoms with Crippen molar-refractivity contribution in [2.45, 2.75) is 38.8 Å². The van der Waals surface area contributed by atoms with Crippen molar-refractivity contribution in [1.82, 2.24) is 10.2 Å². The van der Waals surface area contributed by atoms with Gasteiger partial charge in [-0.15, -0.1) is 0 Å². The van der Waals surface area contributed by atoms with Crippen molar-refractivity contribution in [3.05, 3.63) is 35.4 Å². The first kappa shape index (κ1) is 14.7. The van der Waals surface area contributed by atoms with Crippen molar-refractivity contribution >= 4 is 11.7 Å². The van der Waals surface area contributed by atoms with E-state index in [9.17, 15) is 9.59 Å². The van der Waals surface area contributed by atoms with Crippen molar-refractivity contribution in [1.29, 1.82) is 0 Å². The van der Waals surface area contributed by atoms with Crippen molar-refractivity contribution in [3.63, 3.8) is 0 Å². The van der Waals surface area contributed by atoms with Crippen LogP contribution in [0.5, 0.6) is 0 Å². The summed E-state index contributed by atoms with van der Waals surface area (Å²) in [5.41, 5.74) is 1.85. The van der Waals surface area contributed by atoms with Gasteiger partial charge in [-0.2, -0.15) is 0 Å². The van der Waals surface area contributed by atoms with Crippen LogP contribution in [0.4, 0.5) is 0 Å². The number of carbonyl (C=O) groups excluding carboxylic acids is 2. The molecule has 1 aliphatic heterocycles. The largest absolute Gasteiger partial charge is 0.358 e. The van der Waals surface area contributed by atoms with Gasteiger partial charge in [0.25, 0.3) is 0 Å². The van der Waals surface area contributed by atoms with E-state index in [1.54, 1.807) is 7.05 Å². The number of likely N-dealkylation sites (tertiary alicyclic amines) is 1. The van der Waals surface area contributed by atoms with E-state index in [2.05, 4.69) is 5.32 Å². The number of likely N-dealkylation sites (N-methyl/N-ethyl adjacent to an activating group) is 1. The number of amides is 1. The van der Waals surface area contributed by atoms with Crippen LogP contribution in [0.3, 0.4) is 0 Å². The molecule has 4 nitrogen and oxygen atoms in total. The summed E-state index contributed by atoms with van der Waals surface area (Å²) in [7, 11) is 1.64. The SMILES string of the molecule is CNC(=O)C1CCCN1C(C)C(=O)c1ccc(C)cc1. The third-order valence-electron chi connectivity index (χ3n) is 4.06. The summed E-state index contributed by atoms with van der Waals surface area (Å²) in [4.78, 5) is 26.4. The Bertz CT molecular complexity index is 496. The smallest absolute Gasteiger partial charge is 0.237 e. The molecule has 1 aromatic carbocycles. The van der Waals surface area contributed by atoms with Crippen LogP contribution in [0.25, 0.3) is 0 Å². The molecule has 1 aliphatic rings. The molecule has 1 N–H and O–H groups in total. The van der Waals surface area contributed by atoms with Crippen LogP contribution in [-0.4, -0.2) is 42.3 Å². The highest BCUT2D eigenvalue weighted by molar-refractivity contribution is 6.00. The van der Waals surface area contributed by atoms with E-state index in [0.717, 1.165) is 24.9 Å². The molecular formula is C16H22N2O2. The number of carbonyl (C=O) groups is 2. The Morgan fingerprint density at radius 3 is 2.55 bits per heavy atom. The van der Waals surface area contributed by atoms with Crippen molar-refractivity contribution < 1.29 is 9.59 Å². The van der Waals surface area contributed by atoms with Crippen LogP contribution in [-0.2, 0) is 4.79 Å². The average molecular weight is 274 g/mol. The second kappa shape index (κ2) is 6.18. The quantitative estimate of drug-likeness (QED) is 0.851. The maximum absolute atomic E-state index is 12.5. The lowest BCUT2D eigenvalue weighted by molar-refractivity contribution is -0.125. The fourth-order valence-corrected chi connectivity index (χ4v) is 2.81. The van der Waals surface area contributed by atoms with E-state index in [1.165, 1.54) is 0 Å². The Labute approximate surface area is 120 Å². The Hall–Kier alpha value is -1.68. The highest BCUT2D eigenvalue weighted by Crippen LogP contribution is 2.22. The number of benzene rings is 1. The first-order valence-electron chi connectivity index (χ1n) is 7.13. The zero-order valence-corrected chi connectivity index (χ0v) is 12.3. The van der Waals surface area contributed by atoms with Gasteiger partial charge in [0.2, 0.25) is 5.91 Å². The Morgan fingerprint density at radius 2 is 1.95 bits per heavy atom. The number of nitrogens with zero attached hydrogens (tertiary/aromatic N) is 1. The topological polar surface area (TPSA) is 49.4 Å². The fraction of sp³-hybridized carbons (Fsp3) is 0.500. The number of ketones is 1. The molecule has 0 aliphatic carbocycles. The van der Waals surface area contributed by atoms with Crippen LogP contribution < -0.4 is 5.32 Å². The van der Waals surface area contributed by atoms with Crippen molar-refractivity contribution in [2.75, 3.05) is 13.6 Å². The molecule has 108 valence electrons. The molecule has 0 bridgehead atoms.